The van der Waals surface area contributed by atoms with Gasteiger partial charge in [0.15, 0.2) is 0 Å². The Balaban J connectivity index is 1.41. The van der Waals surface area contributed by atoms with Gasteiger partial charge < -0.3 is 20.3 Å². The summed E-state index contributed by atoms with van der Waals surface area (Å²) >= 11 is 0. The predicted molar refractivity (Wildman–Crippen MR) is 123 cm³/mol. The highest BCUT2D eigenvalue weighted by Crippen LogP contribution is 2.35. The fraction of sp³-hybridized carbons (Fsp3) is 0.455. The van der Waals surface area contributed by atoms with E-state index in [9.17, 15) is 4.79 Å². The van der Waals surface area contributed by atoms with Gasteiger partial charge in [0.1, 0.15) is 11.5 Å². The second-order valence-corrected chi connectivity index (χ2v) is 8.61. The van der Waals surface area contributed by atoms with Gasteiger partial charge in [-0.2, -0.15) is 5.10 Å². The van der Waals surface area contributed by atoms with E-state index in [4.69, 9.17) is 4.74 Å². The maximum absolute atomic E-state index is 13.2. The number of hydrogen-bond donors (Lipinski definition) is 2. The molecule has 2 N–H and O–H groups in total. The molecule has 32 heavy (non-hydrogen) atoms. The van der Waals surface area contributed by atoms with Gasteiger partial charge in [0.2, 0.25) is 0 Å². The SMILES string of the molecule is COc1nn2nc(C)cc2cc1NC(=O)N1CCc2c(N3C[C@@H](C)N[C@@H](C)C3)ccnc21. The van der Waals surface area contributed by atoms with Crippen molar-refractivity contribution >= 4 is 28.7 Å². The number of carbonyl (C=O) groups excluding carboxylic acids is 1. The number of ether oxygens (including phenoxy) is 1. The Bertz CT molecular complexity index is 1170. The van der Waals surface area contributed by atoms with E-state index < -0.39 is 0 Å². The zero-order valence-electron chi connectivity index (χ0n) is 18.8. The predicted octanol–water partition coefficient (Wildman–Crippen LogP) is 2.22. The van der Waals surface area contributed by atoms with E-state index in [-0.39, 0.29) is 6.03 Å². The highest BCUT2D eigenvalue weighted by molar-refractivity contribution is 6.03. The lowest BCUT2D eigenvalue weighted by molar-refractivity contribution is 0.257. The lowest BCUT2D eigenvalue weighted by atomic mass is 10.1. The van der Waals surface area contributed by atoms with Gasteiger partial charge >= 0.3 is 6.03 Å². The van der Waals surface area contributed by atoms with Crippen LogP contribution in [-0.2, 0) is 6.42 Å². The summed E-state index contributed by atoms with van der Waals surface area (Å²) in [4.78, 5) is 21.9. The third kappa shape index (κ3) is 3.60. The average Bonchev–Trinajstić information content (AvgIpc) is 3.34. The van der Waals surface area contributed by atoms with Gasteiger partial charge in [-0.05, 0) is 45.4 Å². The fourth-order valence-electron chi connectivity index (χ4n) is 4.75. The number of hydrogen-bond acceptors (Lipinski definition) is 7. The minimum atomic E-state index is -0.254. The second-order valence-electron chi connectivity index (χ2n) is 8.61. The quantitative estimate of drug-likeness (QED) is 0.649. The van der Waals surface area contributed by atoms with Crippen molar-refractivity contribution in [1.29, 1.82) is 0 Å². The highest BCUT2D eigenvalue weighted by Gasteiger charge is 2.32. The number of pyridine rings is 1. The number of anilines is 3. The van der Waals surface area contributed by atoms with Crippen molar-refractivity contribution in [2.45, 2.75) is 39.3 Å². The minimum Gasteiger partial charge on any atom is -0.478 e. The summed E-state index contributed by atoms with van der Waals surface area (Å²) in [6.45, 7) is 8.73. The van der Waals surface area contributed by atoms with Gasteiger partial charge in [-0.15, -0.1) is 9.73 Å². The molecule has 168 valence electrons. The van der Waals surface area contributed by atoms with E-state index in [2.05, 4.69) is 50.6 Å². The van der Waals surface area contributed by atoms with Crippen LogP contribution in [0.1, 0.15) is 25.1 Å². The number of fused-ring (bicyclic) bond motifs is 2. The first-order valence-corrected chi connectivity index (χ1v) is 10.9. The van der Waals surface area contributed by atoms with Crippen LogP contribution in [0.5, 0.6) is 5.88 Å². The number of nitrogens with one attached hydrogen (secondary N) is 2. The number of rotatable bonds is 3. The monoisotopic (exact) mass is 436 g/mol. The zero-order valence-corrected chi connectivity index (χ0v) is 18.8. The van der Waals surface area contributed by atoms with Crippen LogP contribution in [0.4, 0.5) is 22.0 Å². The number of amides is 2. The summed E-state index contributed by atoms with van der Waals surface area (Å²) in [5.74, 6) is 1.02. The highest BCUT2D eigenvalue weighted by atomic mass is 16.5. The van der Waals surface area contributed by atoms with Crippen LogP contribution in [0, 0.1) is 6.92 Å². The van der Waals surface area contributed by atoms with Gasteiger partial charge in [0, 0.05) is 49.2 Å². The summed E-state index contributed by atoms with van der Waals surface area (Å²) in [7, 11) is 1.52. The lowest BCUT2D eigenvalue weighted by Crippen LogP contribution is -2.54. The van der Waals surface area contributed by atoms with Crippen LogP contribution < -0.4 is 25.2 Å². The topological polar surface area (TPSA) is 99.9 Å². The number of carbonyl (C=O) groups is 1. The average molecular weight is 437 g/mol. The van der Waals surface area contributed by atoms with E-state index >= 15 is 0 Å². The summed E-state index contributed by atoms with van der Waals surface area (Å²) in [6, 6.07) is 6.34. The van der Waals surface area contributed by atoms with Crippen LogP contribution in [0.15, 0.2) is 24.4 Å². The van der Waals surface area contributed by atoms with Crippen molar-refractivity contribution in [2.75, 3.05) is 41.9 Å². The molecule has 10 heteroatoms. The molecule has 5 heterocycles. The molecule has 2 aliphatic heterocycles. The second kappa shape index (κ2) is 7.94. The van der Waals surface area contributed by atoms with Crippen LogP contribution >= 0.6 is 0 Å². The smallest absolute Gasteiger partial charge is 0.327 e. The maximum atomic E-state index is 13.2. The van der Waals surface area contributed by atoms with Crippen molar-refractivity contribution < 1.29 is 9.53 Å². The molecule has 2 atom stereocenters. The van der Waals surface area contributed by atoms with Crippen molar-refractivity contribution in [1.82, 2.24) is 25.1 Å². The molecule has 0 aliphatic carbocycles. The van der Waals surface area contributed by atoms with Crippen LogP contribution in [0.25, 0.3) is 5.52 Å². The molecule has 0 unspecified atom stereocenters. The molecular formula is C22H28N8O2. The van der Waals surface area contributed by atoms with Crippen molar-refractivity contribution in [3.63, 3.8) is 0 Å². The molecule has 3 aromatic rings. The molecule has 5 rings (SSSR count). The Morgan fingerprint density at radius 2 is 2.00 bits per heavy atom. The van der Waals surface area contributed by atoms with E-state index in [0.29, 0.717) is 36.0 Å². The van der Waals surface area contributed by atoms with Crippen molar-refractivity contribution in [2.24, 2.45) is 0 Å². The number of aryl methyl sites for hydroxylation is 1. The molecule has 0 aromatic carbocycles. The molecule has 2 aliphatic rings. The Morgan fingerprint density at radius 1 is 1.22 bits per heavy atom. The van der Waals surface area contributed by atoms with Crippen LogP contribution in [0.2, 0.25) is 0 Å². The van der Waals surface area contributed by atoms with Crippen LogP contribution in [-0.4, -0.2) is 64.7 Å². The van der Waals surface area contributed by atoms with E-state index in [1.807, 2.05) is 19.1 Å². The summed E-state index contributed by atoms with van der Waals surface area (Å²) in [6.07, 6.45) is 2.56. The third-order valence-corrected chi connectivity index (χ3v) is 5.98. The largest absolute Gasteiger partial charge is 0.478 e. The zero-order chi connectivity index (χ0) is 22.4. The normalized spacial score (nSPS) is 20.5. The summed E-state index contributed by atoms with van der Waals surface area (Å²) < 4.78 is 6.88. The Hall–Kier alpha value is -3.40. The van der Waals surface area contributed by atoms with E-state index in [1.165, 1.54) is 17.4 Å². The molecule has 0 saturated carbocycles. The fourth-order valence-corrected chi connectivity index (χ4v) is 4.75. The third-order valence-electron chi connectivity index (χ3n) is 5.98. The first-order chi connectivity index (χ1) is 15.4. The van der Waals surface area contributed by atoms with Crippen molar-refractivity contribution in [3.05, 3.63) is 35.7 Å². The molecule has 0 spiro atoms. The molecule has 2 amide bonds. The minimum absolute atomic E-state index is 0.254. The first-order valence-electron chi connectivity index (χ1n) is 10.9. The lowest BCUT2D eigenvalue weighted by Gasteiger charge is -2.38. The molecule has 3 aromatic heterocycles. The Morgan fingerprint density at radius 3 is 2.75 bits per heavy atom. The standard InChI is InChI=1S/C22H28N8O2/c1-13-9-16-10-18(21(32-4)27-30(16)26-13)25-22(31)29-8-6-17-19(5-7-23-20(17)29)28-11-14(2)24-15(3)12-28/h5,7,9-10,14-15,24H,6,8,11-12H2,1-4H3,(H,25,31)/t14-,15+. The summed E-state index contributed by atoms with van der Waals surface area (Å²) in [5, 5.41) is 15.2. The number of aromatic nitrogens is 4. The van der Waals surface area contributed by atoms with Gasteiger partial charge in [-0.3, -0.25) is 4.90 Å². The van der Waals surface area contributed by atoms with Gasteiger partial charge in [0.05, 0.1) is 18.3 Å². The molecule has 10 nitrogen and oxygen atoms in total. The molecule has 0 bridgehead atoms. The van der Waals surface area contributed by atoms with E-state index in [1.54, 1.807) is 11.1 Å². The Labute approximate surface area is 186 Å². The van der Waals surface area contributed by atoms with Crippen molar-refractivity contribution in [3.8, 4) is 5.88 Å². The number of piperazine rings is 1. The number of urea groups is 1. The molecule has 1 saturated heterocycles. The van der Waals surface area contributed by atoms with E-state index in [0.717, 1.165) is 36.3 Å². The van der Waals surface area contributed by atoms with Gasteiger partial charge in [-0.25, -0.2) is 9.78 Å². The maximum Gasteiger partial charge on any atom is 0.327 e. The molecule has 1 fully saturated rings. The van der Waals surface area contributed by atoms with Crippen LogP contribution in [0.3, 0.4) is 0 Å². The molecule has 0 radical (unpaired) electrons. The number of methoxy groups -OCH3 is 1. The van der Waals surface area contributed by atoms with Gasteiger partial charge in [0.25, 0.3) is 5.88 Å². The van der Waals surface area contributed by atoms with Gasteiger partial charge in [-0.1, -0.05) is 0 Å². The molecular weight excluding hydrogens is 408 g/mol. The Kier molecular flexibility index (Phi) is 5.09. The first kappa shape index (κ1) is 20.5. The number of nitrogens with zero attached hydrogens (tertiary/aromatic N) is 6. The summed E-state index contributed by atoms with van der Waals surface area (Å²) in [5.41, 5.74) is 4.41.